The van der Waals surface area contributed by atoms with E-state index in [-0.39, 0.29) is 6.04 Å². The zero-order chi connectivity index (χ0) is 10.1. The van der Waals surface area contributed by atoms with Crippen LogP contribution in [0.2, 0.25) is 0 Å². The molecule has 1 aliphatic carbocycles. The number of ether oxygens (including phenoxy) is 2. The molecule has 14 heavy (non-hydrogen) atoms. The van der Waals surface area contributed by atoms with Crippen LogP contribution in [0.25, 0.3) is 0 Å². The molecule has 0 bridgehead atoms. The Hall–Kier alpha value is -1.29. The highest BCUT2D eigenvalue weighted by Gasteiger charge is 2.37. The van der Waals surface area contributed by atoms with Gasteiger partial charge in [-0.05, 0) is 6.42 Å². The van der Waals surface area contributed by atoms with Crippen molar-refractivity contribution >= 4 is 0 Å². The Morgan fingerprint density at radius 3 is 2.64 bits per heavy atom. The van der Waals surface area contributed by atoms with Crippen LogP contribution in [-0.4, -0.2) is 25.2 Å². The van der Waals surface area contributed by atoms with Gasteiger partial charge in [-0.1, -0.05) is 0 Å². The fraction of sp³-hybridized carbons (Fsp3) is 0.500. The molecule has 1 heterocycles. The van der Waals surface area contributed by atoms with Crippen LogP contribution in [0.15, 0.2) is 12.3 Å². The third kappa shape index (κ3) is 1.53. The van der Waals surface area contributed by atoms with Crippen molar-refractivity contribution in [2.75, 3.05) is 14.2 Å². The zero-order valence-electron chi connectivity index (χ0n) is 8.36. The van der Waals surface area contributed by atoms with Gasteiger partial charge in [-0.15, -0.1) is 0 Å². The lowest BCUT2D eigenvalue weighted by molar-refractivity contribution is 0.384. The number of hydrogen-bond donors (Lipinski definition) is 1. The molecule has 0 aliphatic heterocycles. The number of pyridine rings is 1. The Morgan fingerprint density at radius 1 is 1.43 bits per heavy atom. The third-order valence-corrected chi connectivity index (χ3v) is 2.54. The molecule has 0 saturated heterocycles. The monoisotopic (exact) mass is 194 g/mol. The largest absolute Gasteiger partial charge is 0.495 e. The number of hydrogen-bond acceptors (Lipinski definition) is 4. The van der Waals surface area contributed by atoms with Gasteiger partial charge in [0.2, 0.25) is 5.88 Å². The van der Waals surface area contributed by atoms with Gasteiger partial charge in [0.05, 0.1) is 20.4 Å². The van der Waals surface area contributed by atoms with Crippen LogP contribution in [0, 0.1) is 0 Å². The van der Waals surface area contributed by atoms with Gasteiger partial charge in [-0.3, -0.25) is 0 Å². The minimum absolute atomic E-state index is 0.260. The lowest BCUT2D eigenvalue weighted by atomic mass is 10.1. The van der Waals surface area contributed by atoms with Crippen molar-refractivity contribution in [2.24, 2.45) is 5.73 Å². The summed E-state index contributed by atoms with van der Waals surface area (Å²) < 4.78 is 10.3. The summed E-state index contributed by atoms with van der Waals surface area (Å²) in [6, 6.07) is 2.16. The van der Waals surface area contributed by atoms with E-state index < -0.39 is 0 Å². The normalized spacial score (nSPS) is 24.5. The second-order valence-corrected chi connectivity index (χ2v) is 3.47. The summed E-state index contributed by atoms with van der Waals surface area (Å²) in [5, 5.41) is 0. The standard InChI is InChI=1S/C10H14N2O2/c1-13-9-5-12-10(14-2)4-7(9)6-3-8(6)11/h4-6,8H,3,11H2,1-2H3. The van der Waals surface area contributed by atoms with Crippen molar-refractivity contribution in [3.63, 3.8) is 0 Å². The molecule has 2 N–H and O–H groups in total. The zero-order valence-corrected chi connectivity index (χ0v) is 8.36. The number of rotatable bonds is 3. The Kier molecular flexibility index (Phi) is 2.29. The summed E-state index contributed by atoms with van der Waals surface area (Å²) in [6.45, 7) is 0. The number of nitrogens with two attached hydrogens (primary N) is 1. The summed E-state index contributed by atoms with van der Waals surface area (Å²) in [7, 11) is 3.24. The minimum Gasteiger partial charge on any atom is -0.495 e. The van der Waals surface area contributed by atoms with Gasteiger partial charge in [-0.25, -0.2) is 4.98 Å². The molecule has 0 aromatic carbocycles. The molecule has 1 aromatic heterocycles. The molecule has 2 atom stereocenters. The van der Waals surface area contributed by atoms with Crippen LogP contribution in [0.3, 0.4) is 0 Å². The molecule has 0 amide bonds. The summed E-state index contributed by atoms with van der Waals surface area (Å²) in [5.41, 5.74) is 6.90. The van der Waals surface area contributed by atoms with Crippen molar-refractivity contribution in [2.45, 2.75) is 18.4 Å². The molecule has 4 nitrogen and oxygen atoms in total. The van der Waals surface area contributed by atoms with E-state index in [1.54, 1.807) is 20.4 Å². The van der Waals surface area contributed by atoms with Crippen molar-refractivity contribution in [3.8, 4) is 11.6 Å². The molecule has 2 rings (SSSR count). The molecule has 1 saturated carbocycles. The van der Waals surface area contributed by atoms with Gasteiger partial charge in [0, 0.05) is 23.6 Å². The third-order valence-electron chi connectivity index (χ3n) is 2.54. The quantitative estimate of drug-likeness (QED) is 0.777. The van der Waals surface area contributed by atoms with E-state index in [1.165, 1.54) is 0 Å². The summed E-state index contributed by atoms with van der Waals surface area (Å²) in [6.07, 6.45) is 2.70. The Labute approximate surface area is 83.0 Å². The maximum Gasteiger partial charge on any atom is 0.213 e. The van der Waals surface area contributed by atoms with E-state index in [0.717, 1.165) is 17.7 Å². The maximum atomic E-state index is 5.80. The van der Waals surface area contributed by atoms with E-state index in [4.69, 9.17) is 15.2 Å². The fourth-order valence-corrected chi connectivity index (χ4v) is 1.58. The second-order valence-electron chi connectivity index (χ2n) is 3.47. The molecule has 2 unspecified atom stereocenters. The molecule has 4 heteroatoms. The molecule has 1 fully saturated rings. The van der Waals surface area contributed by atoms with Crippen molar-refractivity contribution < 1.29 is 9.47 Å². The van der Waals surface area contributed by atoms with Crippen molar-refractivity contribution in [1.29, 1.82) is 0 Å². The van der Waals surface area contributed by atoms with Gasteiger partial charge in [0.25, 0.3) is 0 Å². The van der Waals surface area contributed by atoms with E-state index in [9.17, 15) is 0 Å². The predicted octanol–water partition coefficient (Wildman–Crippen LogP) is 0.913. The lowest BCUT2D eigenvalue weighted by Crippen LogP contribution is -2.03. The van der Waals surface area contributed by atoms with Gasteiger partial charge >= 0.3 is 0 Å². The summed E-state index contributed by atoms with van der Waals surface area (Å²) in [5.74, 6) is 1.81. The summed E-state index contributed by atoms with van der Waals surface area (Å²) >= 11 is 0. The van der Waals surface area contributed by atoms with Gasteiger partial charge in [0.15, 0.2) is 0 Å². The molecular weight excluding hydrogens is 180 g/mol. The first-order chi connectivity index (χ1) is 6.76. The topological polar surface area (TPSA) is 57.4 Å². The molecule has 0 radical (unpaired) electrons. The van der Waals surface area contributed by atoms with E-state index >= 15 is 0 Å². The average molecular weight is 194 g/mol. The van der Waals surface area contributed by atoms with Gasteiger partial charge in [0.1, 0.15) is 5.75 Å². The lowest BCUT2D eigenvalue weighted by Gasteiger charge is -2.08. The van der Waals surface area contributed by atoms with Crippen molar-refractivity contribution in [1.82, 2.24) is 4.98 Å². The average Bonchev–Trinajstić information content (AvgIpc) is 2.94. The van der Waals surface area contributed by atoms with E-state index in [1.807, 2.05) is 6.07 Å². The Bertz CT molecular complexity index is 341. The first-order valence-corrected chi connectivity index (χ1v) is 4.59. The first kappa shape index (κ1) is 9.27. The highest BCUT2D eigenvalue weighted by molar-refractivity contribution is 5.41. The molecular formula is C10H14N2O2. The van der Waals surface area contributed by atoms with Crippen molar-refractivity contribution in [3.05, 3.63) is 17.8 Å². The number of nitrogens with zero attached hydrogens (tertiary/aromatic N) is 1. The van der Waals surface area contributed by atoms with Gasteiger partial charge < -0.3 is 15.2 Å². The SMILES string of the molecule is COc1cc(C2CC2N)c(OC)cn1. The highest BCUT2D eigenvalue weighted by atomic mass is 16.5. The minimum atomic E-state index is 0.260. The molecule has 76 valence electrons. The molecule has 1 aliphatic rings. The smallest absolute Gasteiger partial charge is 0.213 e. The fourth-order valence-electron chi connectivity index (χ4n) is 1.58. The summed E-state index contributed by atoms with van der Waals surface area (Å²) in [4.78, 5) is 4.08. The van der Waals surface area contributed by atoms with Crippen LogP contribution < -0.4 is 15.2 Å². The molecule has 1 aromatic rings. The van der Waals surface area contributed by atoms with Gasteiger partial charge in [-0.2, -0.15) is 0 Å². The van der Waals surface area contributed by atoms with Crippen LogP contribution in [0.5, 0.6) is 11.6 Å². The number of methoxy groups -OCH3 is 2. The number of aromatic nitrogens is 1. The first-order valence-electron chi connectivity index (χ1n) is 4.59. The predicted molar refractivity (Wildman–Crippen MR) is 52.7 cm³/mol. The second kappa shape index (κ2) is 3.46. The Balaban J connectivity index is 2.33. The van der Waals surface area contributed by atoms with E-state index in [2.05, 4.69) is 4.98 Å². The Morgan fingerprint density at radius 2 is 2.14 bits per heavy atom. The van der Waals surface area contributed by atoms with Crippen LogP contribution in [-0.2, 0) is 0 Å². The molecule has 0 spiro atoms. The van der Waals surface area contributed by atoms with Crippen LogP contribution in [0.4, 0.5) is 0 Å². The highest BCUT2D eigenvalue weighted by Crippen LogP contribution is 2.43. The van der Waals surface area contributed by atoms with E-state index in [0.29, 0.717) is 11.8 Å². The van der Waals surface area contributed by atoms with Crippen LogP contribution in [0.1, 0.15) is 17.9 Å². The van der Waals surface area contributed by atoms with Crippen LogP contribution >= 0.6 is 0 Å². The maximum absolute atomic E-state index is 5.80.